The van der Waals surface area contributed by atoms with E-state index in [1.165, 1.54) is 37.5 Å². The maximum absolute atomic E-state index is 12.9. The first-order valence-corrected chi connectivity index (χ1v) is 8.99. The van der Waals surface area contributed by atoms with Crippen LogP contribution in [-0.2, 0) is 4.79 Å². The van der Waals surface area contributed by atoms with Gasteiger partial charge in [-0.2, -0.15) is 0 Å². The number of non-ortho nitro benzene ring substituents is 1. The number of benzene rings is 1. The van der Waals surface area contributed by atoms with Crippen LogP contribution in [0.15, 0.2) is 24.3 Å². The molecule has 0 heterocycles. The molecule has 24 heavy (non-hydrogen) atoms. The minimum Gasteiger partial charge on any atom is -0.294 e. The number of nitrogens with zero attached hydrogens (tertiary/aromatic N) is 1. The van der Waals surface area contributed by atoms with Crippen LogP contribution in [0.3, 0.4) is 0 Å². The number of rotatable bonds is 4. The van der Waals surface area contributed by atoms with Gasteiger partial charge in [-0.1, -0.05) is 11.6 Å². The molecule has 5 rings (SSSR count). The Labute approximate surface area is 146 Å². The highest BCUT2D eigenvalue weighted by Gasteiger charge is 2.53. The van der Waals surface area contributed by atoms with Gasteiger partial charge < -0.3 is 0 Å². The summed E-state index contributed by atoms with van der Waals surface area (Å²) in [5.74, 6) is 2.34. The number of nitro groups is 1. The van der Waals surface area contributed by atoms with E-state index in [0.29, 0.717) is 10.6 Å². The summed E-state index contributed by atoms with van der Waals surface area (Å²) in [4.78, 5) is 23.4. The molecule has 4 fully saturated rings. The molecule has 5 heteroatoms. The van der Waals surface area contributed by atoms with E-state index in [1.54, 1.807) is 12.2 Å². The maximum atomic E-state index is 12.9. The molecule has 0 aliphatic heterocycles. The zero-order valence-corrected chi connectivity index (χ0v) is 14.2. The van der Waals surface area contributed by atoms with Crippen LogP contribution in [0.2, 0.25) is 5.02 Å². The third-order valence-corrected chi connectivity index (χ3v) is 6.51. The second-order valence-corrected chi connectivity index (χ2v) is 8.27. The Kier molecular flexibility index (Phi) is 3.75. The molecule has 0 amide bonds. The Balaban J connectivity index is 1.57. The lowest BCUT2D eigenvalue weighted by molar-refractivity contribution is -0.384. The summed E-state index contributed by atoms with van der Waals surface area (Å²) in [6.45, 7) is 0. The number of hydrogen-bond donors (Lipinski definition) is 0. The predicted octanol–water partition coefficient (Wildman–Crippen LogP) is 5.05. The SMILES string of the molecule is O=C(/C=C/c1cc([N+](=O)[O-])ccc1Cl)C12CC3CC(CC(C3)C1)C2. The van der Waals surface area contributed by atoms with Gasteiger partial charge in [-0.3, -0.25) is 14.9 Å². The minimum absolute atomic E-state index is 0.0127. The van der Waals surface area contributed by atoms with Crippen molar-refractivity contribution < 1.29 is 9.72 Å². The van der Waals surface area contributed by atoms with E-state index < -0.39 is 4.92 Å². The van der Waals surface area contributed by atoms with Crippen molar-refractivity contribution >= 4 is 29.1 Å². The molecule has 0 spiro atoms. The van der Waals surface area contributed by atoms with Gasteiger partial charge >= 0.3 is 0 Å². The summed E-state index contributed by atoms with van der Waals surface area (Å²) in [5, 5.41) is 11.3. The van der Waals surface area contributed by atoms with Crippen LogP contribution in [0.5, 0.6) is 0 Å². The Hall–Kier alpha value is -1.68. The van der Waals surface area contributed by atoms with Crippen LogP contribution in [0.4, 0.5) is 5.69 Å². The van der Waals surface area contributed by atoms with E-state index in [1.807, 2.05) is 0 Å². The van der Waals surface area contributed by atoms with E-state index in [0.717, 1.165) is 37.0 Å². The van der Waals surface area contributed by atoms with Gasteiger partial charge in [-0.15, -0.1) is 0 Å². The summed E-state index contributed by atoms with van der Waals surface area (Å²) in [7, 11) is 0. The third kappa shape index (κ3) is 2.67. The van der Waals surface area contributed by atoms with E-state index in [9.17, 15) is 14.9 Å². The van der Waals surface area contributed by atoms with Crippen LogP contribution in [-0.4, -0.2) is 10.7 Å². The molecule has 0 N–H and O–H groups in total. The van der Waals surface area contributed by atoms with Gasteiger partial charge in [0.05, 0.1) is 4.92 Å². The Morgan fingerprint density at radius 3 is 2.29 bits per heavy atom. The minimum atomic E-state index is -0.450. The van der Waals surface area contributed by atoms with Crippen molar-refractivity contribution in [1.82, 2.24) is 0 Å². The van der Waals surface area contributed by atoms with Gasteiger partial charge in [-0.25, -0.2) is 0 Å². The quantitative estimate of drug-likeness (QED) is 0.436. The summed E-state index contributed by atoms with van der Waals surface area (Å²) in [5.41, 5.74) is 0.337. The van der Waals surface area contributed by atoms with Crippen LogP contribution in [0.25, 0.3) is 6.08 Å². The number of carbonyl (C=O) groups excluding carboxylic acids is 1. The van der Waals surface area contributed by atoms with Crippen molar-refractivity contribution in [2.75, 3.05) is 0 Å². The van der Waals surface area contributed by atoms with Crippen molar-refractivity contribution in [1.29, 1.82) is 0 Å². The fourth-order valence-electron chi connectivity index (χ4n) is 5.53. The molecule has 126 valence electrons. The Bertz CT molecular complexity index is 705. The van der Waals surface area contributed by atoms with Crippen LogP contribution in [0, 0.1) is 33.3 Å². The van der Waals surface area contributed by atoms with E-state index in [2.05, 4.69) is 0 Å². The molecule has 0 saturated heterocycles. The molecule has 0 atom stereocenters. The number of carbonyl (C=O) groups is 1. The molecule has 4 saturated carbocycles. The first kappa shape index (κ1) is 15.8. The van der Waals surface area contributed by atoms with Crippen LogP contribution < -0.4 is 0 Å². The average molecular weight is 346 g/mol. The molecule has 4 aliphatic carbocycles. The van der Waals surface area contributed by atoms with E-state index in [4.69, 9.17) is 11.6 Å². The lowest BCUT2D eigenvalue weighted by Gasteiger charge is -2.55. The topological polar surface area (TPSA) is 60.2 Å². The van der Waals surface area contributed by atoms with Crippen molar-refractivity contribution in [2.24, 2.45) is 23.2 Å². The van der Waals surface area contributed by atoms with Gasteiger partial charge in [-0.05, 0) is 80.1 Å². The monoisotopic (exact) mass is 345 g/mol. The molecule has 1 aromatic carbocycles. The fraction of sp³-hybridized carbons (Fsp3) is 0.526. The predicted molar refractivity (Wildman–Crippen MR) is 92.8 cm³/mol. The Morgan fingerprint density at radius 1 is 1.17 bits per heavy atom. The van der Waals surface area contributed by atoms with Gasteiger partial charge in [0.15, 0.2) is 5.78 Å². The van der Waals surface area contributed by atoms with Gasteiger partial charge in [0.1, 0.15) is 0 Å². The van der Waals surface area contributed by atoms with Gasteiger partial charge in [0.2, 0.25) is 0 Å². The summed E-state index contributed by atoms with van der Waals surface area (Å²) in [6, 6.07) is 4.31. The standard InChI is InChI=1S/C19H20ClNO3/c20-17-3-2-16(21(23)24)8-15(17)1-4-18(22)19-9-12-5-13(10-19)7-14(6-12)11-19/h1-4,8,12-14H,5-7,9-11H2/b4-1+. The average Bonchev–Trinajstić information content (AvgIpc) is 2.52. The van der Waals surface area contributed by atoms with E-state index >= 15 is 0 Å². The largest absolute Gasteiger partial charge is 0.294 e. The van der Waals surface area contributed by atoms with Crippen LogP contribution >= 0.6 is 11.6 Å². The lowest BCUT2D eigenvalue weighted by atomic mass is 9.48. The Morgan fingerprint density at radius 2 is 1.75 bits per heavy atom. The highest BCUT2D eigenvalue weighted by atomic mass is 35.5. The zero-order valence-electron chi connectivity index (χ0n) is 13.4. The fourth-order valence-corrected chi connectivity index (χ4v) is 5.71. The molecule has 1 aromatic rings. The highest BCUT2D eigenvalue weighted by molar-refractivity contribution is 6.32. The number of ketones is 1. The second kappa shape index (κ2) is 5.69. The molecule has 4 bridgehead atoms. The third-order valence-electron chi connectivity index (χ3n) is 6.17. The zero-order chi connectivity index (χ0) is 16.9. The number of hydrogen-bond acceptors (Lipinski definition) is 3. The molecular formula is C19H20ClNO3. The number of allylic oxidation sites excluding steroid dienone is 1. The normalized spacial score (nSPS) is 34.0. The van der Waals surface area contributed by atoms with Gasteiger partial charge in [0, 0.05) is 22.6 Å². The molecule has 0 unspecified atom stereocenters. The van der Waals surface area contributed by atoms with Gasteiger partial charge in [0.25, 0.3) is 5.69 Å². The highest BCUT2D eigenvalue weighted by Crippen LogP contribution is 2.60. The van der Waals surface area contributed by atoms with Crippen molar-refractivity contribution in [3.05, 3.63) is 45.0 Å². The molecule has 4 aliphatic rings. The first-order chi connectivity index (χ1) is 11.4. The molecule has 4 nitrogen and oxygen atoms in total. The molecule has 0 aromatic heterocycles. The van der Waals surface area contributed by atoms with Crippen molar-refractivity contribution in [3.63, 3.8) is 0 Å². The number of halogens is 1. The maximum Gasteiger partial charge on any atom is 0.270 e. The van der Waals surface area contributed by atoms with Crippen molar-refractivity contribution in [3.8, 4) is 0 Å². The van der Waals surface area contributed by atoms with E-state index in [-0.39, 0.29) is 16.9 Å². The number of nitro benzene ring substituents is 1. The molecule has 0 radical (unpaired) electrons. The first-order valence-electron chi connectivity index (χ1n) is 8.62. The summed E-state index contributed by atoms with van der Waals surface area (Å²) in [6.07, 6.45) is 10.2. The van der Waals surface area contributed by atoms with Crippen molar-refractivity contribution in [2.45, 2.75) is 38.5 Å². The second-order valence-electron chi connectivity index (χ2n) is 7.86. The van der Waals surface area contributed by atoms with Crippen LogP contribution in [0.1, 0.15) is 44.1 Å². The molecular weight excluding hydrogens is 326 g/mol. The lowest BCUT2D eigenvalue weighted by Crippen LogP contribution is -2.49. The summed E-state index contributed by atoms with van der Waals surface area (Å²) < 4.78 is 0. The smallest absolute Gasteiger partial charge is 0.270 e. The summed E-state index contributed by atoms with van der Waals surface area (Å²) >= 11 is 6.12.